The Morgan fingerprint density at radius 2 is 1.90 bits per heavy atom. The molecule has 154 valence electrons. The minimum atomic E-state index is -0.754. The molecule has 8 heteroatoms. The van der Waals surface area contributed by atoms with Crippen molar-refractivity contribution in [3.05, 3.63) is 59.9 Å². The molecule has 8 nitrogen and oxygen atoms in total. The van der Waals surface area contributed by atoms with E-state index in [1.165, 1.54) is 0 Å². The van der Waals surface area contributed by atoms with Crippen LogP contribution in [0.2, 0.25) is 0 Å². The predicted octanol–water partition coefficient (Wildman–Crippen LogP) is 1.99. The van der Waals surface area contributed by atoms with Crippen LogP contribution in [0.4, 0.5) is 5.69 Å². The van der Waals surface area contributed by atoms with Crippen molar-refractivity contribution in [2.45, 2.75) is 32.4 Å². The zero-order valence-electron chi connectivity index (χ0n) is 16.6. The summed E-state index contributed by atoms with van der Waals surface area (Å²) in [6, 6.07) is 13.9. The van der Waals surface area contributed by atoms with Crippen LogP contribution in [0.5, 0.6) is 0 Å². The number of carbonyl (C=O) groups excluding carboxylic acids is 3. The lowest BCUT2D eigenvalue weighted by Crippen LogP contribution is -2.42. The van der Waals surface area contributed by atoms with Gasteiger partial charge in [0, 0.05) is 19.5 Å². The van der Waals surface area contributed by atoms with Gasteiger partial charge in [0.05, 0.1) is 22.3 Å². The highest BCUT2D eigenvalue weighted by Gasteiger charge is 2.27. The standard InChI is InChI=1S/C22H23N5O3/c1-14-24-17-8-4-5-9-19(17)27(14)13-12-23-20(28)11-10-18-22(30)25-16-7-3-2-6-15(16)21(29)26-18/h2-9,18H,10-13H2,1H3,(H,23,28)(H,25,30)(H,26,29)/t18-/m0/s1. The first-order valence-electron chi connectivity index (χ1n) is 9.92. The molecule has 0 radical (unpaired) electrons. The molecule has 0 spiro atoms. The van der Waals surface area contributed by atoms with Gasteiger partial charge in [-0.05, 0) is 37.6 Å². The Morgan fingerprint density at radius 3 is 2.77 bits per heavy atom. The van der Waals surface area contributed by atoms with Gasteiger partial charge >= 0.3 is 0 Å². The topological polar surface area (TPSA) is 105 Å². The number of fused-ring (bicyclic) bond motifs is 2. The van der Waals surface area contributed by atoms with Gasteiger partial charge < -0.3 is 20.5 Å². The molecule has 1 aromatic heterocycles. The fraction of sp³-hybridized carbons (Fsp3) is 0.273. The zero-order chi connectivity index (χ0) is 21.1. The SMILES string of the molecule is Cc1nc2ccccc2n1CCNC(=O)CC[C@@H]1NC(=O)c2ccccc2NC1=O. The monoisotopic (exact) mass is 405 g/mol. The number of para-hydroxylation sites is 3. The number of nitrogens with zero attached hydrogens (tertiary/aromatic N) is 2. The van der Waals surface area contributed by atoms with Crippen molar-refractivity contribution in [1.29, 1.82) is 0 Å². The second kappa shape index (κ2) is 8.36. The Bertz CT molecular complexity index is 1120. The van der Waals surface area contributed by atoms with Gasteiger partial charge in [0.1, 0.15) is 11.9 Å². The lowest BCUT2D eigenvalue weighted by molar-refractivity contribution is -0.121. The predicted molar refractivity (Wildman–Crippen MR) is 113 cm³/mol. The third-order valence-electron chi connectivity index (χ3n) is 5.21. The molecule has 3 amide bonds. The summed E-state index contributed by atoms with van der Waals surface area (Å²) in [5, 5.41) is 8.33. The molecule has 0 unspecified atom stereocenters. The highest BCUT2D eigenvalue weighted by Crippen LogP contribution is 2.19. The minimum Gasteiger partial charge on any atom is -0.354 e. The number of rotatable bonds is 6. The summed E-state index contributed by atoms with van der Waals surface area (Å²) in [6.45, 7) is 3.00. The summed E-state index contributed by atoms with van der Waals surface area (Å²) in [5.74, 6) is 0.0853. The van der Waals surface area contributed by atoms with E-state index >= 15 is 0 Å². The number of aromatic nitrogens is 2. The Hall–Kier alpha value is -3.68. The maximum absolute atomic E-state index is 12.4. The number of imidazole rings is 1. The molecule has 1 aliphatic rings. The Labute approximate surface area is 173 Å². The van der Waals surface area contributed by atoms with Gasteiger partial charge in [0.15, 0.2) is 0 Å². The van der Waals surface area contributed by atoms with Crippen molar-refractivity contribution in [3.63, 3.8) is 0 Å². The quantitative estimate of drug-likeness (QED) is 0.583. The first-order valence-corrected chi connectivity index (χ1v) is 9.92. The lowest BCUT2D eigenvalue weighted by atomic mass is 10.1. The van der Waals surface area contributed by atoms with Crippen LogP contribution in [0.1, 0.15) is 29.0 Å². The summed E-state index contributed by atoms with van der Waals surface area (Å²) in [5.41, 5.74) is 2.86. The molecule has 0 bridgehead atoms. The van der Waals surface area contributed by atoms with E-state index in [-0.39, 0.29) is 30.6 Å². The molecule has 0 aliphatic carbocycles. The molecule has 0 saturated carbocycles. The third kappa shape index (κ3) is 4.03. The average Bonchev–Trinajstić information content (AvgIpc) is 2.99. The van der Waals surface area contributed by atoms with Crippen molar-refractivity contribution in [2.75, 3.05) is 11.9 Å². The van der Waals surface area contributed by atoms with Crippen molar-refractivity contribution in [2.24, 2.45) is 0 Å². The number of hydrogen-bond donors (Lipinski definition) is 3. The van der Waals surface area contributed by atoms with Gasteiger partial charge in [-0.1, -0.05) is 24.3 Å². The Balaban J connectivity index is 1.29. The first-order chi connectivity index (χ1) is 14.5. The molecule has 1 atom stereocenters. The van der Waals surface area contributed by atoms with Crippen molar-refractivity contribution in [1.82, 2.24) is 20.2 Å². The van der Waals surface area contributed by atoms with E-state index in [0.29, 0.717) is 24.3 Å². The van der Waals surface area contributed by atoms with E-state index in [4.69, 9.17) is 0 Å². The number of anilines is 1. The van der Waals surface area contributed by atoms with E-state index in [0.717, 1.165) is 16.9 Å². The lowest BCUT2D eigenvalue weighted by Gasteiger charge is -2.14. The second-order valence-corrected chi connectivity index (χ2v) is 7.25. The first kappa shape index (κ1) is 19.6. The fourth-order valence-electron chi connectivity index (χ4n) is 3.66. The number of aryl methyl sites for hydroxylation is 1. The summed E-state index contributed by atoms with van der Waals surface area (Å²) in [7, 11) is 0. The highest BCUT2D eigenvalue weighted by molar-refractivity contribution is 6.09. The van der Waals surface area contributed by atoms with Gasteiger partial charge in [0.25, 0.3) is 5.91 Å². The van der Waals surface area contributed by atoms with Crippen LogP contribution in [-0.2, 0) is 16.1 Å². The van der Waals surface area contributed by atoms with Gasteiger partial charge in [-0.25, -0.2) is 4.98 Å². The molecule has 0 fully saturated rings. The summed E-state index contributed by atoms with van der Waals surface area (Å²) in [6.07, 6.45) is 0.364. The summed E-state index contributed by atoms with van der Waals surface area (Å²) in [4.78, 5) is 41.5. The molecule has 2 aromatic carbocycles. The zero-order valence-corrected chi connectivity index (χ0v) is 16.6. The molecule has 4 rings (SSSR count). The van der Waals surface area contributed by atoms with Crippen LogP contribution in [-0.4, -0.2) is 39.9 Å². The second-order valence-electron chi connectivity index (χ2n) is 7.25. The maximum Gasteiger partial charge on any atom is 0.254 e. The molecule has 30 heavy (non-hydrogen) atoms. The van der Waals surface area contributed by atoms with E-state index < -0.39 is 6.04 Å². The number of carbonyl (C=O) groups is 3. The van der Waals surface area contributed by atoms with Gasteiger partial charge in [-0.3, -0.25) is 14.4 Å². The fourth-order valence-corrected chi connectivity index (χ4v) is 3.66. The number of amides is 3. The van der Waals surface area contributed by atoms with E-state index in [1.54, 1.807) is 24.3 Å². The highest BCUT2D eigenvalue weighted by atomic mass is 16.2. The van der Waals surface area contributed by atoms with Crippen LogP contribution in [0, 0.1) is 6.92 Å². The van der Waals surface area contributed by atoms with Crippen molar-refractivity contribution < 1.29 is 14.4 Å². The van der Waals surface area contributed by atoms with Crippen molar-refractivity contribution >= 4 is 34.4 Å². The van der Waals surface area contributed by atoms with Crippen LogP contribution in [0.15, 0.2) is 48.5 Å². The molecule has 3 aromatic rings. The molecule has 2 heterocycles. The van der Waals surface area contributed by atoms with Gasteiger partial charge in [0.2, 0.25) is 11.8 Å². The van der Waals surface area contributed by atoms with Gasteiger partial charge in [-0.15, -0.1) is 0 Å². The normalized spacial score (nSPS) is 15.8. The maximum atomic E-state index is 12.4. The molecule has 0 saturated heterocycles. The minimum absolute atomic E-state index is 0.137. The molecular weight excluding hydrogens is 382 g/mol. The van der Waals surface area contributed by atoms with Crippen LogP contribution in [0.25, 0.3) is 11.0 Å². The third-order valence-corrected chi connectivity index (χ3v) is 5.21. The van der Waals surface area contributed by atoms with Crippen molar-refractivity contribution in [3.8, 4) is 0 Å². The number of hydrogen-bond acceptors (Lipinski definition) is 4. The summed E-state index contributed by atoms with van der Waals surface area (Å²) >= 11 is 0. The number of benzene rings is 2. The largest absolute Gasteiger partial charge is 0.354 e. The summed E-state index contributed by atoms with van der Waals surface area (Å²) < 4.78 is 2.06. The smallest absolute Gasteiger partial charge is 0.254 e. The van der Waals surface area contributed by atoms with Crippen LogP contribution >= 0.6 is 0 Å². The Kier molecular flexibility index (Phi) is 5.47. The van der Waals surface area contributed by atoms with E-state index in [1.807, 2.05) is 31.2 Å². The molecule has 3 N–H and O–H groups in total. The van der Waals surface area contributed by atoms with E-state index in [9.17, 15) is 14.4 Å². The van der Waals surface area contributed by atoms with Crippen LogP contribution < -0.4 is 16.0 Å². The van der Waals surface area contributed by atoms with E-state index in [2.05, 4.69) is 25.5 Å². The van der Waals surface area contributed by atoms with Crippen LogP contribution in [0.3, 0.4) is 0 Å². The molecular formula is C22H23N5O3. The molecule has 1 aliphatic heterocycles. The Morgan fingerprint density at radius 1 is 1.13 bits per heavy atom. The number of nitrogens with one attached hydrogen (secondary N) is 3. The average molecular weight is 405 g/mol. The van der Waals surface area contributed by atoms with Gasteiger partial charge in [-0.2, -0.15) is 0 Å².